The molecule has 2 rings (SSSR count). The van der Waals surface area contributed by atoms with Gasteiger partial charge in [0.25, 0.3) is 0 Å². The van der Waals surface area contributed by atoms with E-state index in [0.29, 0.717) is 11.1 Å². The van der Waals surface area contributed by atoms with Crippen molar-refractivity contribution in [3.05, 3.63) is 59.7 Å². The van der Waals surface area contributed by atoms with Crippen molar-refractivity contribution in [2.24, 2.45) is 0 Å². The second-order valence-electron chi connectivity index (χ2n) is 3.37. The topological polar surface area (TPSA) is 47.6 Å². The summed E-state index contributed by atoms with van der Waals surface area (Å²) in [5.74, 6) is 0. The van der Waals surface area contributed by atoms with Crippen molar-refractivity contribution in [3.8, 4) is 12.1 Å². The summed E-state index contributed by atoms with van der Waals surface area (Å²) in [5, 5.41) is 17.4. The first-order chi connectivity index (χ1) is 8.31. The fourth-order valence-electron chi connectivity index (χ4n) is 1.33. The third-order valence-corrected chi connectivity index (χ3v) is 4.33. The van der Waals surface area contributed by atoms with Gasteiger partial charge in [-0.05, 0) is 0 Å². The molecule has 0 atom stereocenters. The van der Waals surface area contributed by atoms with Crippen LogP contribution in [0.4, 0.5) is 0 Å². The molecule has 0 amide bonds. The molecule has 80 valence electrons. The quantitative estimate of drug-likeness (QED) is 0.774. The molecule has 17 heavy (non-hydrogen) atoms. The number of hydrogen-bond acceptors (Lipinski definition) is 2. The van der Waals surface area contributed by atoms with E-state index in [2.05, 4.69) is 12.1 Å². The van der Waals surface area contributed by atoms with Crippen molar-refractivity contribution in [3.63, 3.8) is 0 Å². The Hall–Kier alpha value is -2.06. The van der Waals surface area contributed by atoms with E-state index >= 15 is 0 Å². The molecule has 0 bridgehead atoms. The van der Waals surface area contributed by atoms with Crippen LogP contribution in [0.15, 0.2) is 48.5 Å². The second-order valence-corrected chi connectivity index (χ2v) is 5.78. The fraction of sp³-hybridized carbons (Fsp3) is 0. The van der Waals surface area contributed by atoms with Gasteiger partial charge >= 0.3 is 106 Å². The Morgan fingerprint density at radius 2 is 1.00 bits per heavy atom. The number of benzene rings is 2. The van der Waals surface area contributed by atoms with E-state index in [0.717, 1.165) is 0 Å². The monoisotopic (exact) mass is 284 g/mol. The average molecular weight is 283 g/mol. The van der Waals surface area contributed by atoms with E-state index in [4.69, 9.17) is 10.5 Å². The minimum absolute atomic E-state index is 0.224. The van der Waals surface area contributed by atoms with Crippen LogP contribution in [-0.4, -0.2) is 15.0 Å². The van der Waals surface area contributed by atoms with Gasteiger partial charge in [-0.1, -0.05) is 0 Å². The van der Waals surface area contributed by atoms with Gasteiger partial charge < -0.3 is 0 Å². The van der Waals surface area contributed by atoms with E-state index < -0.39 is 0 Å². The van der Waals surface area contributed by atoms with Crippen molar-refractivity contribution in [1.29, 1.82) is 10.5 Å². The molecule has 0 radical (unpaired) electrons. The molecule has 0 spiro atoms. The predicted molar refractivity (Wildman–Crippen MR) is 67.3 cm³/mol. The van der Waals surface area contributed by atoms with Crippen molar-refractivity contribution in [2.75, 3.05) is 0 Å². The zero-order valence-corrected chi connectivity index (χ0v) is 10.6. The first-order valence-electron chi connectivity index (χ1n) is 5.00. The number of nitriles is 2. The van der Waals surface area contributed by atoms with Crippen LogP contribution in [0.3, 0.4) is 0 Å². The molecule has 0 unspecified atom stereocenters. The molecule has 0 saturated carbocycles. The fourth-order valence-corrected chi connectivity index (χ4v) is 3.04. The van der Waals surface area contributed by atoms with Crippen molar-refractivity contribution >= 4 is 23.9 Å². The number of rotatable bonds is 2. The summed E-state index contributed by atoms with van der Waals surface area (Å²) >= 11 is 0.224. The molecule has 0 fully saturated rings. The maximum atomic E-state index is 8.70. The van der Waals surface area contributed by atoms with Gasteiger partial charge in [0.15, 0.2) is 0 Å². The number of nitrogens with zero attached hydrogens (tertiary/aromatic N) is 2. The Labute approximate surface area is 106 Å². The van der Waals surface area contributed by atoms with Gasteiger partial charge in [-0.3, -0.25) is 0 Å². The zero-order chi connectivity index (χ0) is 12.1. The maximum absolute atomic E-state index is 8.70. The summed E-state index contributed by atoms with van der Waals surface area (Å²) in [7, 11) is 0. The van der Waals surface area contributed by atoms with Crippen LogP contribution in [-0.2, 0) is 0 Å². The number of hydrogen-bond donors (Lipinski definition) is 0. The Bertz CT molecular complexity index is 531. The minimum atomic E-state index is 0.224. The Morgan fingerprint density at radius 3 is 1.29 bits per heavy atom. The molecule has 0 heterocycles. The molecular formula is C14H8N2Se. The second kappa shape index (κ2) is 5.32. The molecule has 0 saturated heterocycles. The summed E-state index contributed by atoms with van der Waals surface area (Å²) in [4.78, 5) is 0. The first-order valence-corrected chi connectivity index (χ1v) is 6.71. The summed E-state index contributed by atoms with van der Waals surface area (Å²) in [5.41, 5.74) is 1.37. The standard InChI is InChI=1S/C14H8N2Se/c15-9-11-1-5-13(6-2-11)17-14-7-3-12(10-16)4-8-14/h1-8H. The SMILES string of the molecule is N#Cc1ccc([Se]c2ccc(C#N)cc2)cc1. The van der Waals surface area contributed by atoms with Crippen molar-refractivity contribution in [2.45, 2.75) is 0 Å². The van der Waals surface area contributed by atoms with E-state index in [1.54, 1.807) is 0 Å². The summed E-state index contributed by atoms with van der Waals surface area (Å²) in [6, 6.07) is 19.5. The molecule has 3 heteroatoms. The molecule has 0 N–H and O–H groups in total. The average Bonchev–Trinajstić information content (AvgIpc) is 2.40. The third-order valence-electron chi connectivity index (χ3n) is 2.20. The molecular weight excluding hydrogens is 275 g/mol. The Morgan fingerprint density at radius 1 is 0.647 bits per heavy atom. The van der Waals surface area contributed by atoms with E-state index in [1.165, 1.54) is 8.92 Å². The van der Waals surface area contributed by atoms with Crippen LogP contribution < -0.4 is 8.92 Å². The predicted octanol–water partition coefficient (Wildman–Crippen LogP) is 1.08. The molecule has 2 aromatic carbocycles. The normalized spacial score (nSPS) is 9.29. The first kappa shape index (κ1) is 11.4. The van der Waals surface area contributed by atoms with Gasteiger partial charge in [0, 0.05) is 0 Å². The van der Waals surface area contributed by atoms with Crippen LogP contribution in [0, 0.1) is 22.7 Å². The Balaban J connectivity index is 2.14. The summed E-state index contributed by atoms with van der Waals surface area (Å²) < 4.78 is 2.45. The van der Waals surface area contributed by atoms with Gasteiger partial charge in [-0.25, -0.2) is 0 Å². The van der Waals surface area contributed by atoms with Gasteiger partial charge in [-0.2, -0.15) is 0 Å². The van der Waals surface area contributed by atoms with Crippen LogP contribution >= 0.6 is 0 Å². The molecule has 0 aliphatic heterocycles. The van der Waals surface area contributed by atoms with Crippen LogP contribution in [0.25, 0.3) is 0 Å². The molecule has 0 aliphatic rings. The molecule has 0 aliphatic carbocycles. The summed E-state index contributed by atoms with van der Waals surface area (Å²) in [6.07, 6.45) is 0. The van der Waals surface area contributed by atoms with Gasteiger partial charge in [0.05, 0.1) is 0 Å². The van der Waals surface area contributed by atoms with E-state index in [-0.39, 0.29) is 15.0 Å². The van der Waals surface area contributed by atoms with Crippen molar-refractivity contribution in [1.82, 2.24) is 0 Å². The van der Waals surface area contributed by atoms with Gasteiger partial charge in [0.2, 0.25) is 0 Å². The van der Waals surface area contributed by atoms with E-state index in [1.807, 2.05) is 48.5 Å². The van der Waals surface area contributed by atoms with Crippen LogP contribution in [0.2, 0.25) is 0 Å². The van der Waals surface area contributed by atoms with Crippen LogP contribution in [0.5, 0.6) is 0 Å². The zero-order valence-electron chi connectivity index (χ0n) is 8.92. The molecule has 0 aromatic heterocycles. The van der Waals surface area contributed by atoms with Crippen molar-refractivity contribution < 1.29 is 0 Å². The van der Waals surface area contributed by atoms with Gasteiger partial charge in [0.1, 0.15) is 0 Å². The molecule has 2 aromatic rings. The Kier molecular flexibility index (Phi) is 3.58. The van der Waals surface area contributed by atoms with E-state index in [9.17, 15) is 0 Å². The van der Waals surface area contributed by atoms with Crippen LogP contribution in [0.1, 0.15) is 11.1 Å². The summed E-state index contributed by atoms with van der Waals surface area (Å²) in [6.45, 7) is 0. The van der Waals surface area contributed by atoms with Gasteiger partial charge in [-0.15, -0.1) is 0 Å². The third kappa shape index (κ3) is 2.95. The molecule has 2 nitrogen and oxygen atoms in total.